The van der Waals surface area contributed by atoms with E-state index in [2.05, 4.69) is 23.2 Å². The molecule has 0 bridgehead atoms. The molecular formula is C12H20N5O14P3. The van der Waals surface area contributed by atoms with E-state index in [4.69, 9.17) is 24.8 Å². The monoisotopic (exact) mass is 551 g/mol. The second kappa shape index (κ2) is 10.1. The predicted molar refractivity (Wildman–Crippen MR) is 108 cm³/mol. The first-order valence-electron chi connectivity index (χ1n) is 8.79. The summed E-state index contributed by atoms with van der Waals surface area (Å²) in [6.07, 6.45) is -1.41. The molecule has 22 heteroatoms. The number of aryl methyl sites for hydroxylation is 1. The minimum absolute atomic E-state index is 0.111. The summed E-state index contributed by atoms with van der Waals surface area (Å²) < 4.78 is 58.1. The molecule has 19 nitrogen and oxygen atoms in total. The smallest absolute Gasteiger partial charge is 0.376 e. The number of aromatic amines is 1. The van der Waals surface area contributed by atoms with Gasteiger partial charge in [-0.1, -0.05) is 5.11 Å². The molecule has 0 saturated carbocycles. The first kappa shape index (κ1) is 28.6. The van der Waals surface area contributed by atoms with Crippen LogP contribution in [0.3, 0.4) is 0 Å². The molecule has 1 aromatic heterocycles. The molecule has 0 radical (unpaired) electrons. The molecule has 192 valence electrons. The number of aromatic nitrogens is 2. The van der Waals surface area contributed by atoms with Gasteiger partial charge in [0.1, 0.15) is 11.7 Å². The Hall–Kier alpha value is -1.68. The van der Waals surface area contributed by atoms with Crippen LogP contribution in [0.15, 0.2) is 20.9 Å². The highest BCUT2D eigenvalue weighted by Gasteiger charge is 2.55. The number of methoxy groups -OCH3 is 1. The van der Waals surface area contributed by atoms with Crippen LogP contribution in [-0.2, 0) is 36.3 Å². The fraction of sp³-hybridized carbons (Fsp3) is 0.667. The number of H-pyrrole nitrogens is 1. The van der Waals surface area contributed by atoms with Crippen molar-refractivity contribution >= 4 is 23.5 Å². The van der Waals surface area contributed by atoms with E-state index in [1.165, 1.54) is 21.0 Å². The van der Waals surface area contributed by atoms with Crippen LogP contribution < -0.4 is 11.2 Å². The molecule has 1 aromatic rings. The molecule has 6 atom stereocenters. The van der Waals surface area contributed by atoms with E-state index < -0.39 is 65.3 Å². The number of rotatable bonds is 10. The van der Waals surface area contributed by atoms with Gasteiger partial charge in [-0.15, -0.1) is 0 Å². The van der Waals surface area contributed by atoms with Gasteiger partial charge < -0.3 is 29.0 Å². The van der Waals surface area contributed by atoms with E-state index in [1.807, 2.05) is 4.98 Å². The normalized spacial score (nSPS) is 28.6. The van der Waals surface area contributed by atoms with Crippen molar-refractivity contribution in [1.29, 1.82) is 0 Å². The molecule has 1 saturated heterocycles. The molecule has 0 amide bonds. The third-order valence-electron chi connectivity index (χ3n) is 4.41. The number of phosphoric acid groups is 3. The van der Waals surface area contributed by atoms with E-state index in [1.54, 1.807) is 0 Å². The quantitative estimate of drug-likeness (QED) is 0.112. The number of hydrogen-bond donors (Lipinski definition) is 5. The lowest BCUT2D eigenvalue weighted by atomic mass is 9.96. The fourth-order valence-electron chi connectivity index (χ4n) is 3.03. The zero-order valence-corrected chi connectivity index (χ0v) is 20.2. The van der Waals surface area contributed by atoms with Crippen molar-refractivity contribution in [1.82, 2.24) is 9.55 Å². The lowest BCUT2D eigenvalue weighted by Gasteiger charge is -2.28. The van der Waals surface area contributed by atoms with Crippen LogP contribution in [0.1, 0.15) is 18.7 Å². The molecule has 1 aliphatic heterocycles. The summed E-state index contributed by atoms with van der Waals surface area (Å²) in [4.78, 5) is 64.8. The van der Waals surface area contributed by atoms with Crippen LogP contribution in [0.2, 0.25) is 0 Å². The van der Waals surface area contributed by atoms with Crippen molar-refractivity contribution in [2.24, 2.45) is 5.11 Å². The molecule has 0 aliphatic carbocycles. The average molecular weight is 551 g/mol. The van der Waals surface area contributed by atoms with Crippen LogP contribution in [0.4, 0.5) is 0 Å². The minimum Gasteiger partial charge on any atom is -0.376 e. The number of nitrogens with one attached hydrogen (secondary N) is 1. The van der Waals surface area contributed by atoms with Gasteiger partial charge in [0.05, 0.1) is 12.6 Å². The Morgan fingerprint density at radius 1 is 1.24 bits per heavy atom. The molecule has 1 aliphatic rings. The summed E-state index contributed by atoms with van der Waals surface area (Å²) in [5.74, 6) is 0. The van der Waals surface area contributed by atoms with E-state index in [9.17, 15) is 33.1 Å². The van der Waals surface area contributed by atoms with Gasteiger partial charge in [0.2, 0.25) is 0 Å². The first-order valence-corrected chi connectivity index (χ1v) is 13.3. The van der Waals surface area contributed by atoms with Gasteiger partial charge >= 0.3 is 29.2 Å². The second-order valence-electron chi connectivity index (χ2n) is 7.01. The zero-order valence-electron chi connectivity index (χ0n) is 17.5. The van der Waals surface area contributed by atoms with Gasteiger partial charge in [0, 0.05) is 23.8 Å². The molecule has 3 unspecified atom stereocenters. The van der Waals surface area contributed by atoms with Crippen LogP contribution in [0.25, 0.3) is 10.4 Å². The number of phosphoric ester groups is 1. The summed E-state index contributed by atoms with van der Waals surface area (Å²) in [5.41, 5.74) is 5.64. The number of ether oxygens (including phenoxy) is 2. The van der Waals surface area contributed by atoms with Crippen molar-refractivity contribution in [2.45, 2.75) is 37.8 Å². The second-order valence-corrected chi connectivity index (χ2v) is 11.4. The number of azide groups is 1. The fourth-order valence-corrected chi connectivity index (χ4v) is 6.14. The molecule has 0 aromatic carbocycles. The Balaban J connectivity index is 2.35. The first-order chi connectivity index (χ1) is 15.4. The van der Waals surface area contributed by atoms with Gasteiger partial charge in [-0.3, -0.25) is 18.9 Å². The third-order valence-corrected chi connectivity index (χ3v) is 8.19. The highest BCUT2D eigenvalue weighted by Crippen LogP contribution is 2.66. The Labute approximate surface area is 189 Å². The molecule has 34 heavy (non-hydrogen) atoms. The molecule has 1 fully saturated rings. The zero-order chi connectivity index (χ0) is 26.1. The van der Waals surface area contributed by atoms with Crippen LogP contribution >= 0.6 is 23.5 Å². The van der Waals surface area contributed by atoms with Crippen molar-refractivity contribution in [3.8, 4) is 0 Å². The predicted octanol–water partition coefficient (Wildman–Crippen LogP) is 0.170. The van der Waals surface area contributed by atoms with Gasteiger partial charge in [-0.2, -0.15) is 8.62 Å². The standard InChI is InChI=1S/C12H20N5O14P3/c1-6-4-17(11(19)14-9(6)18)10-7(27-3)8(15-16-13)12(2,29-10)5-28-33(23,24)31-34(25,26)30-32(20,21)22/h4,7-8,10H,5H2,1-3H3,(H,23,24)(H,25,26)(H,14,18,19)(H2,20,21,22)/t7-,8?,10-,12-/m1/s1. The SMILES string of the molecule is CO[C@@H]1C(N=[N+]=[N-])[C@@](C)(COP(=O)(O)OP(=O)(O)OP(=O)(O)O)O[C@H]1n1cc(C)c(=O)[nH]c1=O. The van der Waals surface area contributed by atoms with Crippen molar-refractivity contribution < 1.29 is 55.9 Å². The topological polar surface area (TPSA) is 282 Å². The van der Waals surface area contributed by atoms with Crippen LogP contribution in [0, 0.1) is 6.92 Å². The summed E-state index contributed by atoms with van der Waals surface area (Å²) >= 11 is 0. The summed E-state index contributed by atoms with van der Waals surface area (Å²) in [7, 11) is -15.7. The maximum Gasteiger partial charge on any atom is 0.490 e. The third kappa shape index (κ3) is 6.93. The lowest BCUT2D eigenvalue weighted by Crippen LogP contribution is -2.43. The minimum atomic E-state index is -5.77. The summed E-state index contributed by atoms with van der Waals surface area (Å²) in [6.45, 7) is 1.62. The van der Waals surface area contributed by atoms with E-state index in [-0.39, 0.29) is 5.56 Å². The summed E-state index contributed by atoms with van der Waals surface area (Å²) in [6, 6.07) is -1.33. The van der Waals surface area contributed by atoms with Crippen molar-refractivity contribution in [3.63, 3.8) is 0 Å². The Morgan fingerprint density at radius 2 is 1.85 bits per heavy atom. The maximum absolute atomic E-state index is 12.3. The van der Waals surface area contributed by atoms with Crippen LogP contribution in [0.5, 0.6) is 0 Å². The Bertz CT molecular complexity index is 1240. The molecule has 2 rings (SSSR count). The largest absolute Gasteiger partial charge is 0.490 e. The molecular weight excluding hydrogens is 531 g/mol. The highest BCUT2D eigenvalue weighted by molar-refractivity contribution is 7.66. The van der Waals surface area contributed by atoms with E-state index in [0.717, 1.165) is 10.8 Å². The number of nitrogens with zero attached hydrogens (tertiary/aromatic N) is 4. The number of hydrogen-bond acceptors (Lipinski definition) is 11. The van der Waals surface area contributed by atoms with Gasteiger partial charge in [0.15, 0.2) is 6.23 Å². The molecule has 0 spiro atoms. The van der Waals surface area contributed by atoms with Gasteiger partial charge in [-0.25, -0.2) is 18.5 Å². The Morgan fingerprint density at radius 3 is 2.38 bits per heavy atom. The molecule has 5 N–H and O–H groups in total. The van der Waals surface area contributed by atoms with E-state index >= 15 is 0 Å². The Kier molecular flexibility index (Phi) is 8.51. The lowest BCUT2D eigenvalue weighted by molar-refractivity contribution is -0.105. The van der Waals surface area contributed by atoms with Gasteiger partial charge in [-0.05, 0) is 19.4 Å². The summed E-state index contributed by atoms with van der Waals surface area (Å²) in [5, 5.41) is 3.52. The van der Waals surface area contributed by atoms with Crippen LogP contribution in [-0.4, -0.2) is 60.6 Å². The van der Waals surface area contributed by atoms with Crippen molar-refractivity contribution in [3.05, 3.63) is 43.0 Å². The average Bonchev–Trinajstić information content (AvgIpc) is 2.93. The highest BCUT2D eigenvalue weighted by atomic mass is 31.3. The van der Waals surface area contributed by atoms with Crippen molar-refractivity contribution in [2.75, 3.05) is 13.7 Å². The maximum atomic E-state index is 12.3. The van der Waals surface area contributed by atoms with Gasteiger partial charge in [0.25, 0.3) is 5.56 Å². The molecule has 2 heterocycles. The van der Waals surface area contributed by atoms with E-state index in [0.29, 0.717) is 0 Å².